The Bertz CT molecular complexity index is 176. The molecule has 0 amide bonds. The van der Waals surface area contributed by atoms with E-state index in [-0.39, 0.29) is 0 Å². The summed E-state index contributed by atoms with van der Waals surface area (Å²) in [4.78, 5) is 0. The topological polar surface area (TPSA) is 0 Å². The molecule has 2 atom stereocenters. The van der Waals surface area contributed by atoms with Crippen molar-refractivity contribution >= 4 is 9.24 Å². The van der Waals surface area contributed by atoms with Crippen molar-refractivity contribution in [3.05, 3.63) is 12.2 Å². The molecule has 0 aromatic rings. The van der Waals surface area contributed by atoms with Crippen molar-refractivity contribution in [3.63, 3.8) is 0 Å². The standard InChI is InChI=1S/C13H27P/c1-6-8-12(3,4)9-10-13(5,7-2)11-14/h9-10H,6-8,11,14H2,1-5H3/b10-9+. The molecule has 0 heterocycles. The third kappa shape index (κ3) is 5.15. The van der Waals surface area contributed by atoms with Crippen molar-refractivity contribution in [2.24, 2.45) is 10.8 Å². The Kier molecular flexibility index (Phi) is 5.98. The lowest BCUT2D eigenvalue weighted by Crippen LogP contribution is -2.15. The summed E-state index contributed by atoms with van der Waals surface area (Å²) < 4.78 is 0. The summed E-state index contributed by atoms with van der Waals surface area (Å²) in [5.74, 6) is 0. The van der Waals surface area contributed by atoms with Gasteiger partial charge >= 0.3 is 0 Å². The third-order valence-electron chi connectivity index (χ3n) is 3.11. The molecular weight excluding hydrogens is 187 g/mol. The minimum Gasteiger partial charge on any atom is -0.137 e. The van der Waals surface area contributed by atoms with Gasteiger partial charge < -0.3 is 0 Å². The fourth-order valence-corrected chi connectivity index (χ4v) is 1.91. The van der Waals surface area contributed by atoms with Crippen molar-refractivity contribution in [1.29, 1.82) is 0 Å². The van der Waals surface area contributed by atoms with Crippen LogP contribution in [-0.2, 0) is 0 Å². The van der Waals surface area contributed by atoms with Gasteiger partial charge in [0.15, 0.2) is 0 Å². The highest BCUT2D eigenvalue weighted by Crippen LogP contribution is 2.30. The highest BCUT2D eigenvalue weighted by Gasteiger charge is 2.18. The van der Waals surface area contributed by atoms with Gasteiger partial charge in [0.1, 0.15) is 0 Å². The van der Waals surface area contributed by atoms with Crippen LogP contribution in [0.2, 0.25) is 0 Å². The Labute approximate surface area is 92.8 Å². The molecule has 84 valence electrons. The van der Waals surface area contributed by atoms with Gasteiger partial charge in [0, 0.05) is 0 Å². The van der Waals surface area contributed by atoms with E-state index in [2.05, 4.69) is 56.0 Å². The molecule has 0 saturated carbocycles. The molecule has 1 heteroatoms. The average molecular weight is 214 g/mol. The second kappa shape index (κ2) is 5.91. The number of hydrogen-bond donors (Lipinski definition) is 0. The van der Waals surface area contributed by atoms with Gasteiger partial charge in [0.2, 0.25) is 0 Å². The van der Waals surface area contributed by atoms with E-state index in [1.807, 2.05) is 0 Å². The Morgan fingerprint density at radius 2 is 1.64 bits per heavy atom. The average Bonchev–Trinajstić information content (AvgIpc) is 2.14. The number of hydrogen-bond acceptors (Lipinski definition) is 0. The van der Waals surface area contributed by atoms with Gasteiger partial charge in [-0.05, 0) is 29.8 Å². The van der Waals surface area contributed by atoms with Crippen LogP contribution in [0.25, 0.3) is 0 Å². The van der Waals surface area contributed by atoms with Gasteiger partial charge in [-0.2, -0.15) is 0 Å². The number of rotatable bonds is 6. The minimum atomic E-state index is 0.366. The maximum atomic E-state index is 2.86. The molecule has 2 unspecified atom stereocenters. The van der Waals surface area contributed by atoms with E-state index >= 15 is 0 Å². The van der Waals surface area contributed by atoms with Gasteiger partial charge in [-0.25, -0.2) is 0 Å². The summed E-state index contributed by atoms with van der Waals surface area (Å²) in [6.07, 6.45) is 9.73. The highest BCUT2D eigenvalue weighted by molar-refractivity contribution is 7.16. The Hall–Kier alpha value is 0.170. The quantitative estimate of drug-likeness (QED) is 0.445. The van der Waals surface area contributed by atoms with Crippen molar-refractivity contribution in [2.75, 3.05) is 6.16 Å². The Balaban J connectivity index is 4.39. The van der Waals surface area contributed by atoms with Crippen LogP contribution in [0.1, 0.15) is 53.9 Å². The molecule has 0 aliphatic heterocycles. The maximum Gasteiger partial charge on any atom is -0.0114 e. The van der Waals surface area contributed by atoms with Gasteiger partial charge in [0.05, 0.1) is 0 Å². The van der Waals surface area contributed by atoms with Gasteiger partial charge in [-0.15, -0.1) is 9.24 Å². The molecule has 0 bridgehead atoms. The highest BCUT2D eigenvalue weighted by atomic mass is 31.0. The second-order valence-electron chi connectivity index (χ2n) is 5.28. The van der Waals surface area contributed by atoms with Crippen LogP contribution in [0.5, 0.6) is 0 Å². The predicted molar refractivity (Wildman–Crippen MR) is 70.8 cm³/mol. The van der Waals surface area contributed by atoms with E-state index in [9.17, 15) is 0 Å². The molecule has 0 aliphatic carbocycles. The molecule has 0 aliphatic rings. The lowest BCUT2D eigenvalue weighted by Gasteiger charge is -2.26. The van der Waals surface area contributed by atoms with Crippen LogP contribution < -0.4 is 0 Å². The third-order valence-corrected chi connectivity index (χ3v) is 4.04. The smallest absolute Gasteiger partial charge is 0.0114 e. The van der Waals surface area contributed by atoms with E-state index in [0.717, 1.165) is 6.16 Å². The first kappa shape index (κ1) is 14.2. The molecule has 0 aromatic heterocycles. The SMILES string of the molecule is CCCC(C)(C)/C=C/C(C)(CC)CP. The lowest BCUT2D eigenvalue weighted by molar-refractivity contribution is 0.412. The van der Waals surface area contributed by atoms with Crippen LogP contribution in [0.4, 0.5) is 0 Å². The first-order valence-electron chi connectivity index (χ1n) is 5.79. The molecule has 0 radical (unpaired) electrons. The fraction of sp³-hybridized carbons (Fsp3) is 0.846. The van der Waals surface area contributed by atoms with Crippen LogP contribution in [-0.4, -0.2) is 6.16 Å². The van der Waals surface area contributed by atoms with Crippen LogP contribution >= 0.6 is 9.24 Å². The first-order chi connectivity index (χ1) is 6.39. The molecular formula is C13H27P. The van der Waals surface area contributed by atoms with Crippen molar-refractivity contribution < 1.29 is 0 Å². The molecule has 0 spiro atoms. The molecule has 0 rings (SSSR count). The monoisotopic (exact) mass is 214 g/mol. The molecule has 0 fully saturated rings. The van der Waals surface area contributed by atoms with Crippen LogP contribution in [0, 0.1) is 10.8 Å². The summed E-state index contributed by atoms with van der Waals surface area (Å²) in [5.41, 5.74) is 0.737. The molecule has 0 aromatic carbocycles. The fourth-order valence-electron chi connectivity index (χ4n) is 1.48. The molecule has 0 N–H and O–H groups in total. The van der Waals surface area contributed by atoms with Crippen molar-refractivity contribution in [2.45, 2.75) is 53.9 Å². The second-order valence-corrected chi connectivity index (χ2v) is 5.69. The molecule has 14 heavy (non-hydrogen) atoms. The summed E-state index contributed by atoms with van der Waals surface area (Å²) in [6, 6.07) is 0. The summed E-state index contributed by atoms with van der Waals surface area (Å²) in [6.45, 7) is 11.5. The normalized spacial score (nSPS) is 17.3. The Morgan fingerprint density at radius 1 is 1.07 bits per heavy atom. The lowest BCUT2D eigenvalue weighted by atomic mass is 9.82. The maximum absolute atomic E-state index is 2.86. The number of allylic oxidation sites excluding steroid dienone is 2. The zero-order valence-electron chi connectivity index (χ0n) is 10.6. The van der Waals surface area contributed by atoms with Gasteiger partial charge in [-0.1, -0.05) is 53.2 Å². The summed E-state index contributed by atoms with van der Waals surface area (Å²) >= 11 is 0. The van der Waals surface area contributed by atoms with Gasteiger partial charge in [0.25, 0.3) is 0 Å². The van der Waals surface area contributed by atoms with Gasteiger partial charge in [-0.3, -0.25) is 0 Å². The van der Waals surface area contributed by atoms with E-state index in [1.165, 1.54) is 19.3 Å². The largest absolute Gasteiger partial charge is 0.137 e. The van der Waals surface area contributed by atoms with E-state index < -0.39 is 0 Å². The molecule has 0 saturated heterocycles. The summed E-state index contributed by atoms with van der Waals surface area (Å²) in [7, 11) is 2.86. The van der Waals surface area contributed by atoms with E-state index in [1.54, 1.807) is 0 Å². The van der Waals surface area contributed by atoms with Crippen LogP contribution in [0.15, 0.2) is 12.2 Å². The minimum absolute atomic E-state index is 0.366. The predicted octanol–water partition coefficient (Wildman–Crippen LogP) is 4.66. The summed E-state index contributed by atoms with van der Waals surface area (Å²) in [5, 5.41) is 0. The van der Waals surface area contributed by atoms with E-state index in [4.69, 9.17) is 0 Å². The molecule has 0 nitrogen and oxygen atoms in total. The zero-order chi connectivity index (χ0) is 11.2. The first-order valence-corrected chi connectivity index (χ1v) is 6.61. The van der Waals surface area contributed by atoms with Crippen LogP contribution in [0.3, 0.4) is 0 Å². The van der Waals surface area contributed by atoms with Crippen molar-refractivity contribution in [1.82, 2.24) is 0 Å². The van der Waals surface area contributed by atoms with E-state index in [0.29, 0.717) is 10.8 Å². The Morgan fingerprint density at radius 3 is 2.00 bits per heavy atom. The zero-order valence-corrected chi connectivity index (χ0v) is 11.7. The van der Waals surface area contributed by atoms with Crippen molar-refractivity contribution in [3.8, 4) is 0 Å².